The molecule has 32 heavy (non-hydrogen) atoms. The highest BCUT2D eigenvalue weighted by Crippen LogP contribution is 2.21. The third-order valence-corrected chi connectivity index (χ3v) is 5.26. The number of benzene rings is 3. The second-order valence-corrected chi connectivity index (χ2v) is 7.60. The minimum Gasteiger partial charge on any atom is -0.351 e. The predicted octanol–water partition coefficient (Wildman–Crippen LogP) is 4.25. The van der Waals surface area contributed by atoms with E-state index in [4.69, 9.17) is 0 Å². The molecule has 0 unspecified atom stereocenters. The van der Waals surface area contributed by atoms with E-state index < -0.39 is 11.7 Å². The van der Waals surface area contributed by atoms with E-state index >= 15 is 0 Å². The number of anilines is 1. The smallest absolute Gasteiger partial charge is 0.255 e. The predicted molar refractivity (Wildman–Crippen MR) is 122 cm³/mol. The van der Waals surface area contributed by atoms with E-state index in [0.29, 0.717) is 24.2 Å². The van der Waals surface area contributed by atoms with Gasteiger partial charge in [-0.1, -0.05) is 29.8 Å². The molecule has 0 saturated carbocycles. The Balaban J connectivity index is 1.44. The molecule has 162 valence electrons. The molecule has 4 aromatic rings. The molecule has 0 atom stereocenters. The maximum Gasteiger partial charge on any atom is 0.255 e. The number of fused-ring (bicyclic) bond motifs is 1. The summed E-state index contributed by atoms with van der Waals surface area (Å²) in [4.78, 5) is 29.3. The molecule has 7 heteroatoms. The zero-order chi connectivity index (χ0) is 22.7. The van der Waals surface area contributed by atoms with Gasteiger partial charge in [0.25, 0.3) is 11.8 Å². The zero-order valence-corrected chi connectivity index (χ0v) is 17.9. The molecule has 1 heterocycles. The fourth-order valence-electron chi connectivity index (χ4n) is 3.57. The number of nitrogens with one attached hydrogen (secondary N) is 2. The Labute approximate surface area is 185 Å². The molecule has 0 radical (unpaired) electrons. The van der Waals surface area contributed by atoms with Crippen molar-refractivity contribution < 1.29 is 14.0 Å². The highest BCUT2D eigenvalue weighted by Gasteiger charge is 2.13. The van der Waals surface area contributed by atoms with Gasteiger partial charge in [0.1, 0.15) is 11.6 Å². The summed E-state index contributed by atoms with van der Waals surface area (Å²) in [5, 5.41) is 5.64. The lowest BCUT2D eigenvalue weighted by Crippen LogP contribution is -2.27. The van der Waals surface area contributed by atoms with Gasteiger partial charge in [-0.3, -0.25) is 9.59 Å². The Bertz CT molecular complexity index is 1310. The molecule has 0 bridgehead atoms. The highest BCUT2D eigenvalue weighted by molar-refractivity contribution is 6.05. The van der Waals surface area contributed by atoms with Gasteiger partial charge in [0.15, 0.2) is 0 Å². The summed E-state index contributed by atoms with van der Waals surface area (Å²) in [5.74, 6) is -0.410. The SMILES string of the molecule is Cc1cccc(C(=O)Nc2ccc3c(c2)nc(CCNC(=O)c2ccccc2F)n3C)c1. The van der Waals surface area contributed by atoms with E-state index in [0.717, 1.165) is 22.4 Å². The summed E-state index contributed by atoms with van der Waals surface area (Å²) in [6.07, 6.45) is 0.482. The van der Waals surface area contributed by atoms with Gasteiger partial charge in [0.2, 0.25) is 0 Å². The molecule has 0 aliphatic carbocycles. The van der Waals surface area contributed by atoms with Gasteiger partial charge >= 0.3 is 0 Å². The van der Waals surface area contributed by atoms with Crippen molar-refractivity contribution in [2.45, 2.75) is 13.3 Å². The summed E-state index contributed by atoms with van der Waals surface area (Å²) in [5.41, 5.74) is 3.94. The van der Waals surface area contributed by atoms with Crippen LogP contribution in [-0.4, -0.2) is 27.9 Å². The average Bonchev–Trinajstić information content (AvgIpc) is 3.08. The maximum absolute atomic E-state index is 13.7. The number of hydrogen-bond acceptors (Lipinski definition) is 3. The summed E-state index contributed by atoms with van der Waals surface area (Å²) in [6, 6.07) is 18.8. The molecule has 4 rings (SSSR count). The fraction of sp³-hybridized carbons (Fsp3) is 0.160. The summed E-state index contributed by atoms with van der Waals surface area (Å²) >= 11 is 0. The number of carbonyl (C=O) groups is 2. The molecular weight excluding hydrogens is 407 g/mol. The molecule has 0 spiro atoms. The number of amides is 2. The van der Waals surface area contributed by atoms with Crippen LogP contribution in [0.1, 0.15) is 32.1 Å². The lowest BCUT2D eigenvalue weighted by Gasteiger charge is -2.07. The van der Waals surface area contributed by atoms with Crippen LogP contribution in [0.3, 0.4) is 0 Å². The summed E-state index contributed by atoms with van der Waals surface area (Å²) in [7, 11) is 1.90. The van der Waals surface area contributed by atoms with Crippen LogP contribution in [-0.2, 0) is 13.5 Å². The Hall–Kier alpha value is -4.00. The van der Waals surface area contributed by atoms with Crippen molar-refractivity contribution in [2.24, 2.45) is 7.05 Å². The number of hydrogen-bond donors (Lipinski definition) is 2. The topological polar surface area (TPSA) is 76.0 Å². The molecule has 3 aromatic carbocycles. The number of rotatable bonds is 6. The van der Waals surface area contributed by atoms with E-state index in [1.807, 2.05) is 54.9 Å². The highest BCUT2D eigenvalue weighted by atomic mass is 19.1. The van der Waals surface area contributed by atoms with E-state index in [2.05, 4.69) is 15.6 Å². The molecule has 1 aromatic heterocycles. The van der Waals surface area contributed by atoms with Gasteiger partial charge in [-0.15, -0.1) is 0 Å². The molecule has 6 nitrogen and oxygen atoms in total. The van der Waals surface area contributed by atoms with Gasteiger partial charge in [-0.25, -0.2) is 9.37 Å². The maximum atomic E-state index is 13.7. The van der Waals surface area contributed by atoms with Crippen molar-refractivity contribution >= 4 is 28.5 Å². The third kappa shape index (κ3) is 4.51. The van der Waals surface area contributed by atoms with E-state index in [-0.39, 0.29) is 11.5 Å². The van der Waals surface area contributed by atoms with Crippen LogP contribution in [0.4, 0.5) is 10.1 Å². The van der Waals surface area contributed by atoms with Crippen molar-refractivity contribution in [3.63, 3.8) is 0 Å². The van der Waals surface area contributed by atoms with Gasteiger partial charge < -0.3 is 15.2 Å². The van der Waals surface area contributed by atoms with Gasteiger partial charge in [-0.2, -0.15) is 0 Å². The summed E-state index contributed by atoms with van der Waals surface area (Å²) in [6.45, 7) is 2.26. The minimum atomic E-state index is -0.548. The number of imidazole rings is 1. The zero-order valence-electron chi connectivity index (χ0n) is 17.9. The lowest BCUT2D eigenvalue weighted by molar-refractivity contribution is 0.0949. The number of halogens is 1. The van der Waals surface area contributed by atoms with Crippen molar-refractivity contribution in [1.82, 2.24) is 14.9 Å². The fourth-order valence-corrected chi connectivity index (χ4v) is 3.57. The Morgan fingerprint density at radius 3 is 2.59 bits per heavy atom. The second-order valence-electron chi connectivity index (χ2n) is 7.60. The molecule has 0 saturated heterocycles. The second kappa shape index (κ2) is 9.01. The molecule has 2 N–H and O–H groups in total. The molecule has 0 aliphatic rings. The quantitative estimate of drug-likeness (QED) is 0.480. The van der Waals surface area contributed by atoms with Crippen LogP contribution in [0.5, 0.6) is 0 Å². The van der Waals surface area contributed by atoms with Crippen LogP contribution in [0.2, 0.25) is 0 Å². The Morgan fingerprint density at radius 2 is 1.81 bits per heavy atom. The van der Waals surface area contributed by atoms with Gasteiger partial charge in [0.05, 0.1) is 16.6 Å². The number of carbonyl (C=O) groups excluding carboxylic acids is 2. The monoisotopic (exact) mass is 430 g/mol. The Kier molecular flexibility index (Phi) is 5.98. The van der Waals surface area contributed by atoms with E-state index in [1.165, 1.54) is 12.1 Å². The largest absolute Gasteiger partial charge is 0.351 e. The van der Waals surface area contributed by atoms with Crippen LogP contribution >= 0.6 is 0 Å². The van der Waals surface area contributed by atoms with Crippen molar-refractivity contribution in [3.05, 3.63) is 95.1 Å². The third-order valence-electron chi connectivity index (χ3n) is 5.26. The first-order chi connectivity index (χ1) is 15.4. The average molecular weight is 430 g/mol. The van der Waals surface area contributed by atoms with Crippen LogP contribution in [0.25, 0.3) is 11.0 Å². The van der Waals surface area contributed by atoms with E-state index in [9.17, 15) is 14.0 Å². The van der Waals surface area contributed by atoms with Gasteiger partial charge in [0, 0.05) is 31.3 Å². The first-order valence-electron chi connectivity index (χ1n) is 10.3. The number of aromatic nitrogens is 2. The number of aryl methyl sites for hydroxylation is 2. The lowest BCUT2D eigenvalue weighted by atomic mass is 10.1. The van der Waals surface area contributed by atoms with Crippen LogP contribution in [0.15, 0.2) is 66.7 Å². The Morgan fingerprint density at radius 1 is 1.00 bits per heavy atom. The van der Waals surface area contributed by atoms with Crippen molar-refractivity contribution in [1.29, 1.82) is 0 Å². The number of nitrogens with zero attached hydrogens (tertiary/aromatic N) is 2. The van der Waals surface area contributed by atoms with Crippen molar-refractivity contribution in [3.8, 4) is 0 Å². The van der Waals surface area contributed by atoms with Crippen molar-refractivity contribution in [2.75, 3.05) is 11.9 Å². The summed E-state index contributed by atoms with van der Waals surface area (Å²) < 4.78 is 15.7. The van der Waals surface area contributed by atoms with Gasteiger partial charge in [-0.05, 0) is 49.4 Å². The molecule has 2 amide bonds. The van der Waals surface area contributed by atoms with Crippen LogP contribution < -0.4 is 10.6 Å². The first-order valence-corrected chi connectivity index (χ1v) is 10.3. The normalized spacial score (nSPS) is 10.8. The minimum absolute atomic E-state index is 0.0199. The molecule has 0 fully saturated rings. The molecule has 0 aliphatic heterocycles. The standard InChI is InChI=1S/C25H23FN4O2/c1-16-6-5-7-17(14-16)24(31)28-18-10-11-22-21(15-18)29-23(30(22)2)12-13-27-25(32)19-8-3-4-9-20(19)26/h3-11,14-15H,12-13H2,1-2H3,(H,27,32)(H,28,31). The molecular formula is C25H23FN4O2. The van der Waals surface area contributed by atoms with E-state index in [1.54, 1.807) is 18.2 Å². The van der Waals surface area contributed by atoms with Crippen LogP contribution in [0, 0.1) is 12.7 Å². The first kappa shape index (κ1) is 21.2.